The fraction of sp³-hybridized carbons (Fsp3) is 0.562. The van der Waals surface area contributed by atoms with Crippen LogP contribution in [-0.2, 0) is 0 Å². The second kappa shape index (κ2) is 6.82. The maximum atomic E-state index is 14.0. The Morgan fingerprint density at radius 2 is 1.95 bits per heavy atom. The van der Waals surface area contributed by atoms with Crippen LogP contribution < -0.4 is 4.90 Å². The summed E-state index contributed by atoms with van der Waals surface area (Å²) < 4.78 is 28.0. The molecule has 0 aliphatic carbocycles. The summed E-state index contributed by atoms with van der Waals surface area (Å²) in [5.41, 5.74) is 0.0650. The highest BCUT2D eigenvalue weighted by Crippen LogP contribution is 2.29. The molecule has 110 valence electrons. The first-order valence-electron chi connectivity index (χ1n) is 7.34. The van der Waals surface area contributed by atoms with Crippen LogP contribution in [0.3, 0.4) is 0 Å². The van der Waals surface area contributed by atoms with E-state index >= 15 is 0 Å². The second-order valence-corrected chi connectivity index (χ2v) is 5.52. The highest BCUT2D eigenvalue weighted by atomic mass is 19.1. The van der Waals surface area contributed by atoms with Crippen LogP contribution >= 0.6 is 0 Å². The molecule has 2 rings (SSSR count). The van der Waals surface area contributed by atoms with Gasteiger partial charge in [-0.25, -0.2) is 8.78 Å². The predicted molar refractivity (Wildman–Crippen MR) is 76.2 cm³/mol. The van der Waals surface area contributed by atoms with Crippen LogP contribution in [0.5, 0.6) is 0 Å². The van der Waals surface area contributed by atoms with Gasteiger partial charge in [0, 0.05) is 18.7 Å². The summed E-state index contributed by atoms with van der Waals surface area (Å²) >= 11 is 0. The van der Waals surface area contributed by atoms with E-state index in [1.807, 2.05) is 0 Å². The number of hydrogen-bond donors (Lipinski definition) is 0. The quantitative estimate of drug-likeness (QED) is 0.771. The van der Waals surface area contributed by atoms with Gasteiger partial charge in [-0.2, -0.15) is 0 Å². The summed E-state index contributed by atoms with van der Waals surface area (Å²) in [7, 11) is 0. The van der Waals surface area contributed by atoms with Crippen molar-refractivity contribution in [1.29, 1.82) is 0 Å². The lowest BCUT2D eigenvalue weighted by molar-refractivity contribution is 0.112. The average molecular weight is 281 g/mol. The highest BCUT2D eigenvalue weighted by molar-refractivity contribution is 5.76. The number of anilines is 1. The van der Waals surface area contributed by atoms with Gasteiger partial charge < -0.3 is 4.90 Å². The molecule has 1 aliphatic heterocycles. The fourth-order valence-corrected chi connectivity index (χ4v) is 3.04. The van der Waals surface area contributed by atoms with E-state index in [1.54, 1.807) is 4.90 Å². The first-order valence-corrected chi connectivity index (χ1v) is 7.34. The number of carbonyl (C=O) groups excluding carboxylic acids is 1. The minimum Gasteiger partial charge on any atom is -0.367 e. The molecule has 1 aromatic carbocycles. The second-order valence-electron chi connectivity index (χ2n) is 5.52. The molecule has 0 radical (unpaired) electrons. The lowest BCUT2D eigenvalue weighted by Crippen LogP contribution is -2.26. The number of rotatable bonds is 4. The minimum absolute atomic E-state index is 0.0211. The molecule has 4 heteroatoms. The van der Waals surface area contributed by atoms with Crippen molar-refractivity contribution >= 4 is 12.0 Å². The number of benzene rings is 1. The summed E-state index contributed by atoms with van der Waals surface area (Å²) in [5.74, 6) is -0.618. The number of aldehydes is 1. The molecule has 1 heterocycles. The van der Waals surface area contributed by atoms with Crippen LogP contribution in [0, 0.1) is 17.6 Å². The largest absolute Gasteiger partial charge is 0.367 e. The van der Waals surface area contributed by atoms with Gasteiger partial charge in [-0.1, -0.05) is 19.8 Å². The molecular weight excluding hydrogens is 260 g/mol. The van der Waals surface area contributed by atoms with E-state index in [4.69, 9.17) is 0 Å². The molecule has 20 heavy (non-hydrogen) atoms. The first kappa shape index (κ1) is 14.9. The molecule has 0 aromatic heterocycles. The molecule has 1 saturated heterocycles. The number of halogens is 2. The van der Waals surface area contributed by atoms with Crippen molar-refractivity contribution in [2.24, 2.45) is 5.92 Å². The van der Waals surface area contributed by atoms with E-state index < -0.39 is 11.6 Å². The molecule has 0 spiro atoms. The Labute approximate surface area is 118 Å². The molecular formula is C16H21F2NO. The van der Waals surface area contributed by atoms with E-state index in [1.165, 1.54) is 6.42 Å². The Balaban J connectivity index is 2.17. The van der Waals surface area contributed by atoms with Gasteiger partial charge in [-0.3, -0.25) is 4.79 Å². The molecule has 1 aliphatic rings. The van der Waals surface area contributed by atoms with Gasteiger partial charge in [-0.15, -0.1) is 0 Å². The predicted octanol–water partition coefficient (Wildman–Crippen LogP) is 4.18. The molecule has 1 fully saturated rings. The van der Waals surface area contributed by atoms with Gasteiger partial charge in [0.25, 0.3) is 0 Å². The Morgan fingerprint density at radius 1 is 1.25 bits per heavy atom. The van der Waals surface area contributed by atoms with Gasteiger partial charge in [0.1, 0.15) is 23.6 Å². The van der Waals surface area contributed by atoms with Crippen LogP contribution in [-0.4, -0.2) is 19.4 Å². The summed E-state index contributed by atoms with van der Waals surface area (Å²) in [6.45, 7) is 3.52. The number of hydrogen-bond acceptors (Lipinski definition) is 2. The molecule has 0 bridgehead atoms. The molecule has 1 unspecified atom stereocenters. The SMILES string of the molecule is CCCC1CCCN(c2c(F)cc(C=O)cc2F)CC1. The van der Waals surface area contributed by atoms with Crippen molar-refractivity contribution in [2.75, 3.05) is 18.0 Å². The van der Waals surface area contributed by atoms with Crippen LogP contribution in [0.1, 0.15) is 49.4 Å². The minimum atomic E-state index is -0.638. The number of nitrogens with zero attached hydrogens (tertiary/aromatic N) is 1. The molecule has 0 saturated carbocycles. The summed E-state index contributed by atoms with van der Waals surface area (Å²) in [6, 6.07) is 2.22. The van der Waals surface area contributed by atoms with Gasteiger partial charge in [0.05, 0.1) is 0 Å². The normalized spacial score (nSPS) is 19.8. The van der Waals surface area contributed by atoms with Crippen LogP contribution in [0.25, 0.3) is 0 Å². The van der Waals surface area contributed by atoms with E-state index in [2.05, 4.69) is 6.92 Å². The Bertz CT molecular complexity index is 453. The van der Waals surface area contributed by atoms with Crippen molar-refractivity contribution in [1.82, 2.24) is 0 Å². The lowest BCUT2D eigenvalue weighted by Gasteiger charge is -2.24. The Hall–Kier alpha value is -1.45. The van der Waals surface area contributed by atoms with E-state index in [0.29, 0.717) is 25.3 Å². The van der Waals surface area contributed by atoms with Crippen molar-refractivity contribution < 1.29 is 13.6 Å². The van der Waals surface area contributed by atoms with Crippen molar-refractivity contribution in [3.8, 4) is 0 Å². The zero-order chi connectivity index (χ0) is 14.5. The lowest BCUT2D eigenvalue weighted by atomic mass is 9.96. The summed E-state index contributed by atoms with van der Waals surface area (Å²) in [5, 5.41) is 0. The molecule has 2 nitrogen and oxygen atoms in total. The first-order chi connectivity index (χ1) is 9.65. The van der Waals surface area contributed by atoms with Gasteiger partial charge >= 0.3 is 0 Å². The zero-order valence-corrected chi connectivity index (χ0v) is 11.9. The van der Waals surface area contributed by atoms with Gasteiger partial charge in [-0.05, 0) is 37.3 Å². The fourth-order valence-electron chi connectivity index (χ4n) is 3.04. The zero-order valence-electron chi connectivity index (χ0n) is 11.9. The van der Waals surface area contributed by atoms with Gasteiger partial charge in [0.2, 0.25) is 0 Å². The average Bonchev–Trinajstić information content (AvgIpc) is 2.64. The topological polar surface area (TPSA) is 20.3 Å². The molecule has 0 N–H and O–H groups in total. The van der Waals surface area contributed by atoms with Gasteiger partial charge in [0.15, 0.2) is 0 Å². The molecule has 1 aromatic rings. The van der Waals surface area contributed by atoms with Crippen molar-refractivity contribution in [3.63, 3.8) is 0 Å². The third-order valence-corrected chi connectivity index (χ3v) is 4.04. The third kappa shape index (κ3) is 3.35. The number of carbonyl (C=O) groups is 1. The van der Waals surface area contributed by atoms with E-state index in [0.717, 1.165) is 37.8 Å². The van der Waals surface area contributed by atoms with Crippen molar-refractivity contribution in [3.05, 3.63) is 29.3 Å². The standard InChI is InChI=1S/C16H21F2NO/c1-2-4-12-5-3-7-19(8-6-12)16-14(17)9-13(11-20)10-15(16)18/h9-12H,2-8H2,1H3. The maximum Gasteiger partial charge on any atom is 0.150 e. The van der Waals surface area contributed by atoms with Crippen LogP contribution in [0.4, 0.5) is 14.5 Å². The van der Waals surface area contributed by atoms with Crippen LogP contribution in [0.15, 0.2) is 12.1 Å². The smallest absolute Gasteiger partial charge is 0.150 e. The Kier molecular flexibility index (Phi) is 5.10. The van der Waals surface area contributed by atoms with Crippen LogP contribution in [0.2, 0.25) is 0 Å². The molecule has 1 atom stereocenters. The van der Waals surface area contributed by atoms with E-state index in [-0.39, 0.29) is 11.3 Å². The highest BCUT2D eigenvalue weighted by Gasteiger charge is 2.22. The van der Waals surface area contributed by atoms with Crippen molar-refractivity contribution in [2.45, 2.75) is 39.0 Å². The summed E-state index contributed by atoms with van der Waals surface area (Å²) in [6.07, 6.45) is 5.86. The Morgan fingerprint density at radius 3 is 2.55 bits per heavy atom. The molecule has 0 amide bonds. The maximum absolute atomic E-state index is 14.0. The van der Waals surface area contributed by atoms with E-state index in [9.17, 15) is 13.6 Å². The summed E-state index contributed by atoms with van der Waals surface area (Å²) in [4.78, 5) is 12.4. The third-order valence-electron chi connectivity index (χ3n) is 4.04. The monoisotopic (exact) mass is 281 g/mol.